The lowest BCUT2D eigenvalue weighted by atomic mass is 9.83. The van der Waals surface area contributed by atoms with Gasteiger partial charge in [0.15, 0.2) is 0 Å². The van der Waals surface area contributed by atoms with Crippen LogP contribution in [0.1, 0.15) is 30.9 Å². The van der Waals surface area contributed by atoms with Crippen LogP contribution < -0.4 is 0 Å². The van der Waals surface area contributed by atoms with Crippen molar-refractivity contribution >= 4 is 33.8 Å². The van der Waals surface area contributed by atoms with Gasteiger partial charge in [-0.2, -0.15) is 0 Å². The highest BCUT2D eigenvalue weighted by Gasteiger charge is 2.23. The van der Waals surface area contributed by atoms with Crippen molar-refractivity contribution in [2.45, 2.75) is 25.2 Å². The monoisotopic (exact) mass is 299 g/mol. The molecule has 0 spiro atoms. The van der Waals surface area contributed by atoms with Crippen molar-refractivity contribution in [2.75, 3.05) is 0 Å². The van der Waals surface area contributed by atoms with Crippen molar-refractivity contribution in [1.29, 1.82) is 0 Å². The van der Waals surface area contributed by atoms with Crippen molar-refractivity contribution in [1.82, 2.24) is 9.97 Å². The zero-order valence-corrected chi connectivity index (χ0v) is 12.3. The molecule has 0 unspecified atom stereocenters. The first kappa shape index (κ1) is 12.3. The largest absolute Gasteiger partial charge is 0.244 e. The maximum absolute atomic E-state index is 6.32. The molecule has 1 radical (unpaired) electrons. The number of thiazole rings is 1. The van der Waals surface area contributed by atoms with E-state index < -0.39 is 0 Å². The number of para-hydroxylation sites is 1. The molecule has 0 saturated heterocycles. The number of halogens is 1. The van der Waals surface area contributed by atoms with E-state index in [1.807, 2.05) is 24.3 Å². The molecule has 0 amide bonds. The molecule has 0 bridgehead atoms. The van der Waals surface area contributed by atoms with Gasteiger partial charge in [0.1, 0.15) is 11.2 Å². The summed E-state index contributed by atoms with van der Waals surface area (Å²) < 4.78 is 0. The molecule has 4 heteroatoms. The molecule has 0 N–H and O–H groups in total. The molecular formula is C16H12ClN2S. The summed E-state index contributed by atoms with van der Waals surface area (Å²) in [6.07, 6.45) is 6.74. The summed E-state index contributed by atoms with van der Waals surface area (Å²) in [6, 6.07) is 8.00. The van der Waals surface area contributed by atoms with E-state index in [-0.39, 0.29) is 0 Å². The van der Waals surface area contributed by atoms with Crippen LogP contribution in [-0.2, 0) is 0 Å². The summed E-state index contributed by atoms with van der Waals surface area (Å²) in [4.78, 5) is 9.06. The lowest BCUT2D eigenvalue weighted by Gasteiger charge is -2.23. The molecular weight excluding hydrogens is 288 g/mol. The smallest absolute Gasteiger partial charge is 0.125 e. The van der Waals surface area contributed by atoms with Crippen molar-refractivity contribution in [3.8, 4) is 10.6 Å². The summed E-state index contributed by atoms with van der Waals surface area (Å²) in [5.74, 6) is 0.649. The zero-order chi connectivity index (χ0) is 13.5. The van der Waals surface area contributed by atoms with Gasteiger partial charge in [0.2, 0.25) is 0 Å². The van der Waals surface area contributed by atoms with E-state index in [2.05, 4.69) is 16.6 Å². The lowest BCUT2D eigenvalue weighted by molar-refractivity contribution is 0.413. The van der Waals surface area contributed by atoms with Gasteiger partial charge in [0.05, 0.1) is 16.2 Å². The van der Waals surface area contributed by atoms with E-state index in [0.29, 0.717) is 10.9 Å². The second kappa shape index (κ2) is 4.83. The average Bonchev–Trinajstić information content (AvgIpc) is 2.85. The number of fused-ring (bicyclic) bond motifs is 1. The van der Waals surface area contributed by atoms with E-state index in [0.717, 1.165) is 21.5 Å². The van der Waals surface area contributed by atoms with Gasteiger partial charge < -0.3 is 0 Å². The molecule has 1 saturated carbocycles. The van der Waals surface area contributed by atoms with Crippen LogP contribution in [0.3, 0.4) is 0 Å². The molecule has 1 aliphatic rings. The van der Waals surface area contributed by atoms with Crippen molar-refractivity contribution in [3.63, 3.8) is 0 Å². The fourth-order valence-corrected chi connectivity index (χ4v) is 3.82. The Hall–Kier alpha value is -1.45. The number of rotatable bonds is 2. The fraction of sp³-hybridized carbons (Fsp3) is 0.250. The number of pyridine rings is 1. The van der Waals surface area contributed by atoms with E-state index >= 15 is 0 Å². The van der Waals surface area contributed by atoms with Crippen LogP contribution in [0.25, 0.3) is 21.5 Å². The second-order valence-electron chi connectivity index (χ2n) is 5.14. The predicted octanol–water partition coefficient (Wildman–Crippen LogP) is 5.08. The number of aromatic nitrogens is 2. The average molecular weight is 300 g/mol. The lowest BCUT2D eigenvalue weighted by Crippen LogP contribution is -2.08. The minimum atomic E-state index is 0.554. The first-order chi connectivity index (χ1) is 9.83. The maximum atomic E-state index is 6.32. The first-order valence-electron chi connectivity index (χ1n) is 6.74. The molecule has 1 aliphatic carbocycles. The normalized spacial score (nSPS) is 15.4. The van der Waals surface area contributed by atoms with Crippen LogP contribution in [-0.4, -0.2) is 9.97 Å². The maximum Gasteiger partial charge on any atom is 0.125 e. The van der Waals surface area contributed by atoms with E-state index in [9.17, 15) is 0 Å². The van der Waals surface area contributed by atoms with Crippen LogP contribution in [0.15, 0.2) is 29.6 Å². The fourth-order valence-electron chi connectivity index (χ4n) is 2.57. The van der Waals surface area contributed by atoms with Crippen molar-refractivity contribution in [2.24, 2.45) is 0 Å². The summed E-state index contributed by atoms with van der Waals surface area (Å²) in [6.45, 7) is 0. The Bertz CT molecular complexity index is 777. The quantitative estimate of drug-likeness (QED) is 0.659. The highest BCUT2D eigenvalue weighted by Crippen LogP contribution is 2.40. The third-order valence-electron chi connectivity index (χ3n) is 3.93. The van der Waals surface area contributed by atoms with Crippen LogP contribution >= 0.6 is 22.9 Å². The Morgan fingerprint density at radius 2 is 2.10 bits per heavy atom. The predicted molar refractivity (Wildman–Crippen MR) is 83.3 cm³/mol. The Morgan fingerprint density at radius 3 is 2.90 bits per heavy atom. The van der Waals surface area contributed by atoms with E-state index in [1.54, 1.807) is 11.3 Å². The molecule has 20 heavy (non-hydrogen) atoms. The van der Waals surface area contributed by atoms with Crippen LogP contribution in [0.2, 0.25) is 5.02 Å². The standard InChI is InChI=1S/C16H12ClN2S/c17-12-8-18-13-7-2-1-6-11(13)15(12)16-19-14(9-20-16)10-4-3-5-10/h1-2,6-7,9-10H,3-5H2. The molecule has 0 atom stereocenters. The van der Waals surface area contributed by atoms with Gasteiger partial charge in [0, 0.05) is 22.2 Å². The van der Waals surface area contributed by atoms with Crippen LogP contribution in [0.5, 0.6) is 0 Å². The topological polar surface area (TPSA) is 25.8 Å². The molecule has 99 valence electrons. The van der Waals surface area contributed by atoms with Gasteiger partial charge in [-0.15, -0.1) is 11.3 Å². The van der Waals surface area contributed by atoms with E-state index in [4.69, 9.17) is 16.6 Å². The number of hydrogen-bond donors (Lipinski definition) is 0. The molecule has 1 aromatic carbocycles. The van der Waals surface area contributed by atoms with Gasteiger partial charge in [-0.25, -0.2) is 9.97 Å². The molecule has 2 heterocycles. The number of benzene rings is 1. The summed E-state index contributed by atoms with van der Waals surface area (Å²) in [5.41, 5.74) is 3.09. The van der Waals surface area contributed by atoms with Gasteiger partial charge >= 0.3 is 0 Å². The van der Waals surface area contributed by atoms with Gasteiger partial charge in [0.25, 0.3) is 0 Å². The SMILES string of the molecule is Clc1[c]nc2ccccc2c1-c1nc(C2CCC2)cs1. The molecule has 4 rings (SSSR count). The zero-order valence-electron chi connectivity index (χ0n) is 10.8. The summed E-state index contributed by atoms with van der Waals surface area (Å²) in [5, 5.41) is 4.75. The highest BCUT2D eigenvalue weighted by atomic mass is 35.5. The molecule has 2 aromatic heterocycles. The number of hydrogen-bond acceptors (Lipinski definition) is 3. The Labute approximate surface area is 126 Å². The first-order valence-corrected chi connectivity index (χ1v) is 8.00. The van der Waals surface area contributed by atoms with Crippen molar-refractivity contribution < 1.29 is 0 Å². The van der Waals surface area contributed by atoms with Gasteiger partial charge in [-0.3, -0.25) is 0 Å². The summed E-state index contributed by atoms with van der Waals surface area (Å²) in [7, 11) is 0. The minimum Gasteiger partial charge on any atom is -0.244 e. The second-order valence-corrected chi connectivity index (χ2v) is 6.37. The summed E-state index contributed by atoms with van der Waals surface area (Å²) >= 11 is 7.99. The Kier molecular flexibility index (Phi) is 2.97. The van der Waals surface area contributed by atoms with Gasteiger partial charge in [-0.05, 0) is 18.9 Å². The number of nitrogens with zero attached hydrogens (tertiary/aromatic N) is 2. The van der Waals surface area contributed by atoms with Crippen molar-refractivity contribution in [3.05, 3.63) is 46.6 Å². The Morgan fingerprint density at radius 1 is 1.25 bits per heavy atom. The van der Waals surface area contributed by atoms with Crippen LogP contribution in [0.4, 0.5) is 0 Å². The molecule has 2 nitrogen and oxygen atoms in total. The molecule has 1 fully saturated rings. The molecule has 3 aromatic rings. The van der Waals surface area contributed by atoms with E-state index in [1.165, 1.54) is 25.0 Å². The highest BCUT2D eigenvalue weighted by molar-refractivity contribution is 7.13. The Balaban J connectivity index is 1.88. The van der Waals surface area contributed by atoms with Gasteiger partial charge in [-0.1, -0.05) is 36.2 Å². The minimum absolute atomic E-state index is 0.554. The van der Waals surface area contributed by atoms with Crippen LogP contribution in [0, 0.1) is 6.20 Å². The third-order valence-corrected chi connectivity index (χ3v) is 5.08. The molecule has 0 aliphatic heterocycles. The third kappa shape index (κ3) is 1.93.